The molecule has 0 aliphatic carbocycles. The molecule has 1 aromatic heterocycles. The molecule has 0 spiro atoms. The molecule has 4 nitrogen and oxygen atoms in total. The van der Waals surface area contributed by atoms with Gasteiger partial charge in [-0.1, -0.05) is 19.9 Å². The quantitative estimate of drug-likeness (QED) is 0.752. The van der Waals surface area contributed by atoms with Crippen molar-refractivity contribution in [3.63, 3.8) is 0 Å². The molecule has 1 atom stereocenters. The summed E-state index contributed by atoms with van der Waals surface area (Å²) in [5.41, 5.74) is 1.02. The standard InChI is InChI=1S/C12H19N3O/c1-3-13-7-10(2)12(16)15-9-11-5-4-6-14-8-11/h4-6,8,10,13H,3,7,9H2,1-2H3,(H,15,16). The lowest BCUT2D eigenvalue weighted by atomic mass is 10.1. The van der Waals surface area contributed by atoms with Gasteiger partial charge < -0.3 is 10.6 Å². The third-order valence-corrected chi connectivity index (χ3v) is 2.34. The number of amides is 1. The predicted molar refractivity (Wildman–Crippen MR) is 63.8 cm³/mol. The first-order chi connectivity index (χ1) is 7.74. The molecule has 0 saturated heterocycles. The van der Waals surface area contributed by atoms with E-state index in [2.05, 4.69) is 15.6 Å². The van der Waals surface area contributed by atoms with Gasteiger partial charge in [0.05, 0.1) is 0 Å². The van der Waals surface area contributed by atoms with Crippen LogP contribution in [0.25, 0.3) is 0 Å². The van der Waals surface area contributed by atoms with Crippen LogP contribution >= 0.6 is 0 Å². The van der Waals surface area contributed by atoms with E-state index < -0.39 is 0 Å². The lowest BCUT2D eigenvalue weighted by Crippen LogP contribution is -2.34. The van der Waals surface area contributed by atoms with Gasteiger partial charge in [0.15, 0.2) is 0 Å². The number of nitrogens with zero attached hydrogens (tertiary/aromatic N) is 1. The third-order valence-electron chi connectivity index (χ3n) is 2.34. The largest absolute Gasteiger partial charge is 0.352 e. The summed E-state index contributed by atoms with van der Waals surface area (Å²) in [6.07, 6.45) is 3.48. The van der Waals surface area contributed by atoms with Crippen molar-refractivity contribution in [3.05, 3.63) is 30.1 Å². The minimum absolute atomic E-state index is 0.00313. The summed E-state index contributed by atoms with van der Waals surface area (Å²) < 4.78 is 0. The second kappa shape index (κ2) is 6.95. The number of nitrogens with one attached hydrogen (secondary N) is 2. The highest BCUT2D eigenvalue weighted by Crippen LogP contribution is 1.97. The number of pyridine rings is 1. The van der Waals surface area contributed by atoms with Crippen LogP contribution in [0.5, 0.6) is 0 Å². The van der Waals surface area contributed by atoms with E-state index in [1.54, 1.807) is 12.4 Å². The summed E-state index contributed by atoms with van der Waals surface area (Å²) >= 11 is 0. The first kappa shape index (κ1) is 12.6. The Hall–Kier alpha value is -1.42. The van der Waals surface area contributed by atoms with Crippen LogP contribution < -0.4 is 10.6 Å². The summed E-state index contributed by atoms with van der Waals surface area (Å²) in [7, 11) is 0. The highest BCUT2D eigenvalue weighted by atomic mass is 16.1. The molecule has 0 aromatic carbocycles. The normalized spacial score (nSPS) is 12.1. The molecule has 0 saturated carbocycles. The van der Waals surface area contributed by atoms with Crippen molar-refractivity contribution in [2.45, 2.75) is 20.4 Å². The molecule has 1 unspecified atom stereocenters. The molecular weight excluding hydrogens is 202 g/mol. The molecule has 16 heavy (non-hydrogen) atoms. The van der Waals surface area contributed by atoms with Crippen molar-refractivity contribution >= 4 is 5.91 Å². The Kier molecular flexibility index (Phi) is 5.50. The van der Waals surface area contributed by atoms with Gasteiger partial charge in [-0.25, -0.2) is 0 Å². The number of aromatic nitrogens is 1. The van der Waals surface area contributed by atoms with Crippen LogP contribution in [0.2, 0.25) is 0 Å². The van der Waals surface area contributed by atoms with Gasteiger partial charge in [0, 0.05) is 31.4 Å². The van der Waals surface area contributed by atoms with E-state index in [-0.39, 0.29) is 11.8 Å². The molecule has 2 N–H and O–H groups in total. The first-order valence-electron chi connectivity index (χ1n) is 5.61. The van der Waals surface area contributed by atoms with Gasteiger partial charge >= 0.3 is 0 Å². The fraction of sp³-hybridized carbons (Fsp3) is 0.500. The number of rotatable bonds is 6. The molecule has 1 aromatic rings. The van der Waals surface area contributed by atoms with Gasteiger partial charge in [0.25, 0.3) is 0 Å². The van der Waals surface area contributed by atoms with Crippen LogP contribution in [-0.4, -0.2) is 24.0 Å². The molecule has 0 radical (unpaired) electrons. The number of carbonyl (C=O) groups is 1. The van der Waals surface area contributed by atoms with E-state index >= 15 is 0 Å². The molecule has 0 aliphatic heterocycles. The van der Waals surface area contributed by atoms with E-state index in [4.69, 9.17) is 0 Å². The van der Waals surface area contributed by atoms with E-state index in [9.17, 15) is 4.79 Å². The molecule has 0 bridgehead atoms. The summed E-state index contributed by atoms with van der Waals surface area (Å²) in [6, 6.07) is 3.81. The van der Waals surface area contributed by atoms with E-state index in [1.807, 2.05) is 26.0 Å². The lowest BCUT2D eigenvalue weighted by molar-refractivity contribution is -0.124. The number of hydrogen-bond acceptors (Lipinski definition) is 3. The van der Waals surface area contributed by atoms with Crippen LogP contribution in [0.4, 0.5) is 0 Å². The number of carbonyl (C=O) groups excluding carboxylic acids is 1. The van der Waals surface area contributed by atoms with E-state index in [0.29, 0.717) is 6.54 Å². The second-order valence-electron chi connectivity index (χ2n) is 3.79. The van der Waals surface area contributed by atoms with Crippen LogP contribution in [0, 0.1) is 5.92 Å². The molecule has 1 heterocycles. The fourth-order valence-electron chi connectivity index (χ4n) is 1.32. The summed E-state index contributed by atoms with van der Waals surface area (Å²) in [4.78, 5) is 15.6. The zero-order valence-electron chi connectivity index (χ0n) is 9.86. The fourth-order valence-corrected chi connectivity index (χ4v) is 1.32. The van der Waals surface area contributed by atoms with Crippen LogP contribution in [-0.2, 0) is 11.3 Å². The maximum Gasteiger partial charge on any atom is 0.224 e. The van der Waals surface area contributed by atoms with Crippen molar-refractivity contribution in [2.24, 2.45) is 5.92 Å². The van der Waals surface area contributed by atoms with Crippen molar-refractivity contribution in [1.29, 1.82) is 0 Å². The van der Waals surface area contributed by atoms with Crippen molar-refractivity contribution in [3.8, 4) is 0 Å². The monoisotopic (exact) mass is 221 g/mol. The van der Waals surface area contributed by atoms with Crippen molar-refractivity contribution < 1.29 is 4.79 Å². The third kappa shape index (κ3) is 4.40. The average molecular weight is 221 g/mol. The second-order valence-corrected chi connectivity index (χ2v) is 3.79. The Bertz CT molecular complexity index is 313. The SMILES string of the molecule is CCNCC(C)C(=O)NCc1cccnc1. The summed E-state index contributed by atoms with van der Waals surface area (Å²) in [6.45, 7) is 6.10. The predicted octanol–water partition coefficient (Wildman–Crippen LogP) is 0.943. The molecule has 1 amide bonds. The van der Waals surface area contributed by atoms with E-state index in [0.717, 1.165) is 18.7 Å². The molecule has 0 aliphatic rings. The maximum atomic E-state index is 11.7. The smallest absolute Gasteiger partial charge is 0.224 e. The van der Waals surface area contributed by atoms with Gasteiger partial charge in [-0.15, -0.1) is 0 Å². The van der Waals surface area contributed by atoms with Gasteiger partial charge in [-0.3, -0.25) is 9.78 Å². The Morgan fingerprint density at radius 3 is 3.00 bits per heavy atom. The molecule has 88 valence electrons. The van der Waals surface area contributed by atoms with Crippen molar-refractivity contribution in [2.75, 3.05) is 13.1 Å². The minimum atomic E-state index is -0.00313. The molecule has 0 fully saturated rings. The minimum Gasteiger partial charge on any atom is -0.352 e. The Labute approximate surface area is 96.5 Å². The molecular formula is C12H19N3O. The number of hydrogen-bond donors (Lipinski definition) is 2. The highest BCUT2D eigenvalue weighted by Gasteiger charge is 2.11. The molecule has 1 rings (SSSR count). The Morgan fingerprint density at radius 1 is 1.56 bits per heavy atom. The van der Waals surface area contributed by atoms with Crippen LogP contribution in [0.1, 0.15) is 19.4 Å². The van der Waals surface area contributed by atoms with Gasteiger partial charge in [-0.2, -0.15) is 0 Å². The lowest BCUT2D eigenvalue weighted by Gasteiger charge is -2.12. The van der Waals surface area contributed by atoms with Gasteiger partial charge in [0.1, 0.15) is 0 Å². The van der Waals surface area contributed by atoms with Crippen LogP contribution in [0.15, 0.2) is 24.5 Å². The molecule has 4 heteroatoms. The summed E-state index contributed by atoms with van der Waals surface area (Å²) in [5.74, 6) is 0.0708. The average Bonchev–Trinajstić information content (AvgIpc) is 2.34. The van der Waals surface area contributed by atoms with E-state index in [1.165, 1.54) is 0 Å². The Balaban J connectivity index is 2.29. The van der Waals surface area contributed by atoms with Gasteiger partial charge in [-0.05, 0) is 18.2 Å². The van der Waals surface area contributed by atoms with Crippen molar-refractivity contribution in [1.82, 2.24) is 15.6 Å². The first-order valence-corrected chi connectivity index (χ1v) is 5.61. The van der Waals surface area contributed by atoms with Gasteiger partial charge in [0.2, 0.25) is 5.91 Å². The topological polar surface area (TPSA) is 54.0 Å². The zero-order valence-corrected chi connectivity index (χ0v) is 9.86. The van der Waals surface area contributed by atoms with Crippen LogP contribution in [0.3, 0.4) is 0 Å². The zero-order chi connectivity index (χ0) is 11.8. The Morgan fingerprint density at radius 2 is 2.38 bits per heavy atom. The highest BCUT2D eigenvalue weighted by molar-refractivity contribution is 5.78. The maximum absolute atomic E-state index is 11.7. The summed E-state index contributed by atoms with van der Waals surface area (Å²) in [5, 5.41) is 6.04.